The molecule has 0 unspecified atom stereocenters. The minimum absolute atomic E-state index is 0.649. The number of rotatable bonds is 8. The molecule has 0 amide bonds. The molecule has 0 atom stereocenters. The molecule has 0 heterocycles. The van der Waals surface area contributed by atoms with Crippen molar-refractivity contribution >= 4 is 0 Å². The van der Waals surface area contributed by atoms with Gasteiger partial charge in [0.15, 0.2) is 0 Å². The van der Waals surface area contributed by atoms with Crippen LogP contribution in [0.5, 0.6) is 0 Å². The highest BCUT2D eigenvalue weighted by Crippen LogP contribution is 1.91. The van der Waals surface area contributed by atoms with Crippen molar-refractivity contribution in [2.24, 2.45) is 0 Å². The Morgan fingerprint density at radius 2 is 2.00 bits per heavy atom. The Bertz CT molecular complexity index is 119. The van der Waals surface area contributed by atoms with Crippen LogP contribution in [-0.4, -0.2) is 19.8 Å². The van der Waals surface area contributed by atoms with E-state index < -0.39 is 0 Å². The molecule has 0 saturated carbocycles. The van der Waals surface area contributed by atoms with Gasteiger partial charge in [-0.25, -0.2) is 0 Å². The number of ether oxygens (including phenoxy) is 2. The quantitative estimate of drug-likeness (QED) is 0.316. The van der Waals surface area contributed by atoms with Crippen LogP contribution in [0.25, 0.3) is 0 Å². The highest BCUT2D eigenvalue weighted by Gasteiger charge is 1.87. The van der Waals surface area contributed by atoms with Crippen LogP contribution >= 0.6 is 0 Å². The van der Waals surface area contributed by atoms with Gasteiger partial charge in [-0.3, -0.25) is 0 Å². The average Bonchev–Trinajstić information content (AvgIpc) is 2.10. The second-order valence-electron chi connectivity index (χ2n) is 2.41. The first-order chi connectivity index (χ1) is 5.91. The first kappa shape index (κ1) is 11.2. The standard InChI is InChI=1S/C10H18O2/c1-3-7-11-9-5-6-10-12-8-4-2/h3-4,8H,1,5-7,9-10H2,2H3/b8-4+. The van der Waals surface area contributed by atoms with Crippen LogP contribution in [0.15, 0.2) is 25.0 Å². The lowest BCUT2D eigenvalue weighted by molar-refractivity contribution is 0.147. The van der Waals surface area contributed by atoms with Gasteiger partial charge in [-0.15, -0.1) is 6.58 Å². The van der Waals surface area contributed by atoms with Crippen LogP contribution in [0.1, 0.15) is 19.8 Å². The maximum Gasteiger partial charge on any atom is 0.0874 e. The minimum Gasteiger partial charge on any atom is -0.502 e. The largest absolute Gasteiger partial charge is 0.502 e. The van der Waals surface area contributed by atoms with Gasteiger partial charge < -0.3 is 9.47 Å². The third kappa shape index (κ3) is 9.24. The van der Waals surface area contributed by atoms with E-state index in [4.69, 9.17) is 9.47 Å². The Labute approximate surface area is 74.9 Å². The SMILES string of the molecule is C=CCOCCCCO/C=C/C. The number of unbranched alkanes of at least 4 members (excludes halogenated alkanes) is 1. The van der Waals surface area contributed by atoms with Gasteiger partial charge in [-0.1, -0.05) is 12.2 Å². The van der Waals surface area contributed by atoms with E-state index in [1.54, 1.807) is 12.3 Å². The summed E-state index contributed by atoms with van der Waals surface area (Å²) in [5.41, 5.74) is 0. The van der Waals surface area contributed by atoms with Crippen molar-refractivity contribution in [1.29, 1.82) is 0 Å². The average molecular weight is 170 g/mol. The molecule has 12 heavy (non-hydrogen) atoms. The predicted molar refractivity (Wildman–Crippen MR) is 51.0 cm³/mol. The first-order valence-corrected chi connectivity index (χ1v) is 4.33. The van der Waals surface area contributed by atoms with Gasteiger partial charge in [0, 0.05) is 6.61 Å². The summed E-state index contributed by atoms with van der Waals surface area (Å²) in [6, 6.07) is 0. The van der Waals surface area contributed by atoms with Crippen molar-refractivity contribution in [2.75, 3.05) is 19.8 Å². The van der Waals surface area contributed by atoms with E-state index in [0.29, 0.717) is 6.61 Å². The van der Waals surface area contributed by atoms with Crippen LogP contribution in [0, 0.1) is 0 Å². The molecular formula is C10H18O2. The molecule has 0 radical (unpaired) electrons. The lowest BCUT2D eigenvalue weighted by atomic mass is 10.3. The smallest absolute Gasteiger partial charge is 0.0874 e. The fraction of sp³-hybridized carbons (Fsp3) is 0.600. The molecule has 0 N–H and O–H groups in total. The molecule has 0 bridgehead atoms. The van der Waals surface area contributed by atoms with Gasteiger partial charge >= 0.3 is 0 Å². The fourth-order valence-electron chi connectivity index (χ4n) is 0.720. The molecule has 0 aromatic heterocycles. The minimum atomic E-state index is 0.649. The molecule has 0 spiro atoms. The summed E-state index contributed by atoms with van der Waals surface area (Å²) in [7, 11) is 0. The summed E-state index contributed by atoms with van der Waals surface area (Å²) in [5, 5.41) is 0. The summed E-state index contributed by atoms with van der Waals surface area (Å²) < 4.78 is 10.3. The van der Waals surface area contributed by atoms with Crippen LogP contribution in [-0.2, 0) is 9.47 Å². The van der Waals surface area contributed by atoms with Crippen LogP contribution in [0.2, 0.25) is 0 Å². The summed E-state index contributed by atoms with van der Waals surface area (Å²) in [6.07, 6.45) is 7.45. The lowest BCUT2D eigenvalue weighted by Crippen LogP contribution is -1.96. The fourth-order valence-corrected chi connectivity index (χ4v) is 0.720. The van der Waals surface area contributed by atoms with Gasteiger partial charge in [-0.05, 0) is 19.8 Å². The topological polar surface area (TPSA) is 18.5 Å². The van der Waals surface area contributed by atoms with E-state index in [0.717, 1.165) is 26.1 Å². The van der Waals surface area contributed by atoms with Crippen molar-refractivity contribution < 1.29 is 9.47 Å². The van der Waals surface area contributed by atoms with Crippen LogP contribution < -0.4 is 0 Å². The molecule has 0 aliphatic carbocycles. The van der Waals surface area contributed by atoms with Gasteiger partial charge in [0.05, 0.1) is 19.5 Å². The molecule has 0 aromatic rings. The molecule has 0 aliphatic heterocycles. The highest BCUT2D eigenvalue weighted by atomic mass is 16.5. The second kappa shape index (κ2) is 10.2. The zero-order chi connectivity index (χ0) is 9.07. The predicted octanol–water partition coefficient (Wildman–Crippen LogP) is 2.52. The molecule has 0 saturated heterocycles. The monoisotopic (exact) mass is 170 g/mol. The zero-order valence-corrected chi connectivity index (χ0v) is 7.79. The molecule has 2 nitrogen and oxygen atoms in total. The van der Waals surface area contributed by atoms with E-state index in [-0.39, 0.29) is 0 Å². The maximum atomic E-state index is 5.20. The Morgan fingerprint density at radius 1 is 1.25 bits per heavy atom. The molecular weight excluding hydrogens is 152 g/mol. The Hall–Kier alpha value is -0.760. The second-order valence-corrected chi connectivity index (χ2v) is 2.41. The van der Waals surface area contributed by atoms with Crippen molar-refractivity contribution in [1.82, 2.24) is 0 Å². The van der Waals surface area contributed by atoms with Gasteiger partial charge in [0.2, 0.25) is 0 Å². The van der Waals surface area contributed by atoms with E-state index in [9.17, 15) is 0 Å². The van der Waals surface area contributed by atoms with E-state index in [1.807, 2.05) is 13.0 Å². The normalized spacial score (nSPS) is 10.4. The van der Waals surface area contributed by atoms with Crippen LogP contribution in [0.4, 0.5) is 0 Å². The van der Waals surface area contributed by atoms with E-state index in [2.05, 4.69) is 6.58 Å². The van der Waals surface area contributed by atoms with Crippen molar-refractivity contribution in [3.8, 4) is 0 Å². The molecule has 0 aromatic carbocycles. The van der Waals surface area contributed by atoms with Gasteiger partial charge in [-0.2, -0.15) is 0 Å². The zero-order valence-electron chi connectivity index (χ0n) is 7.79. The third-order valence-corrected chi connectivity index (χ3v) is 1.27. The molecule has 70 valence electrons. The number of hydrogen-bond donors (Lipinski definition) is 0. The molecule has 0 aliphatic rings. The number of hydrogen-bond acceptors (Lipinski definition) is 2. The Morgan fingerprint density at radius 3 is 2.67 bits per heavy atom. The third-order valence-electron chi connectivity index (χ3n) is 1.27. The van der Waals surface area contributed by atoms with Crippen molar-refractivity contribution in [3.63, 3.8) is 0 Å². The molecule has 0 rings (SSSR count). The van der Waals surface area contributed by atoms with Gasteiger partial charge in [0.25, 0.3) is 0 Å². The van der Waals surface area contributed by atoms with E-state index >= 15 is 0 Å². The number of allylic oxidation sites excluding steroid dienone is 1. The maximum absolute atomic E-state index is 5.20. The summed E-state index contributed by atoms with van der Waals surface area (Å²) >= 11 is 0. The molecule has 2 heteroatoms. The lowest BCUT2D eigenvalue weighted by Gasteiger charge is -2.01. The van der Waals surface area contributed by atoms with Crippen molar-refractivity contribution in [2.45, 2.75) is 19.8 Å². The van der Waals surface area contributed by atoms with E-state index in [1.165, 1.54) is 0 Å². The van der Waals surface area contributed by atoms with Crippen molar-refractivity contribution in [3.05, 3.63) is 25.0 Å². The van der Waals surface area contributed by atoms with Crippen LogP contribution in [0.3, 0.4) is 0 Å². The summed E-state index contributed by atoms with van der Waals surface area (Å²) in [5.74, 6) is 0. The Balaban J connectivity index is 2.86. The molecule has 0 fully saturated rings. The summed E-state index contributed by atoms with van der Waals surface area (Å²) in [4.78, 5) is 0. The highest BCUT2D eigenvalue weighted by molar-refractivity contribution is 4.65. The van der Waals surface area contributed by atoms with Gasteiger partial charge in [0.1, 0.15) is 0 Å². The summed E-state index contributed by atoms with van der Waals surface area (Å²) in [6.45, 7) is 7.72. The first-order valence-electron chi connectivity index (χ1n) is 4.33. The Kier molecular flexibility index (Phi) is 9.59.